The number of amides is 1. The Bertz CT molecular complexity index is 868. The highest BCUT2D eigenvalue weighted by Crippen LogP contribution is 2.33. The summed E-state index contributed by atoms with van der Waals surface area (Å²) in [6.45, 7) is 0. The van der Waals surface area contributed by atoms with E-state index < -0.39 is 5.91 Å². The molecular formula is C14H8Cl3N3O2S. The molecule has 0 aliphatic heterocycles. The summed E-state index contributed by atoms with van der Waals surface area (Å²) in [5.74, 6) is -0.0000197. The van der Waals surface area contributed by atoms with Gasteiger partial charge in [-0.25, -0.2) is 0 Å². The number of nitrogens with two attached hydrogens (primary N) is 1. The second kappa shape index (κ2) is 6.41. The number of hydrogen-bond donors (Lipinski definition) is 2. The van der Waals surface area contributed by atoms with Crippen LogP contribution >= 0.6 is 46.1 Å². The molecule has 1 amide bonds. The van der Waals surface area contributed by atoms with Crippen LogP contribution in [0.1, 0.15) is 10.5 Å². The largest absolute Gasteiger partial charge is 0.396 e. The second-order valence-electron chi connectivity index (χ2n) is 4.49. The van der Waals surface area contributed by atoms with Crippen molar-refractivity contribution in [1.29, 1.82) is 0 Å². The molecular weight excluding hydrogens is 381 g/mol. The Morgan fingerprint density at radius 1 is 1.17 bits per heavy atom. The van der Waals surface area contributed by atoms with Gasteiger partial charge in [0.05, 0.1) is 24.9 Å². The third kappa shape index (κ3) is 3.45. The highest BCUT2D eigenvalue weighted by atomic mass is 35.5. The van der Waals surface area contributed by atoms with Gasteiger partial charge in [-0.2, -0.15) is 0 Å². The number of anilines is 2. The lowest BCUT2D eigenvalue weighted by Crippen LogP contribution is -2.12. The van der Waals surface area contributed by atoms with E-state index in [4.69, 9.17) is 45.1 Å². The molecule has 2 heterocycles. The van der Waals surface area contributed by atoms with E-state index in [-0.39, 0.29) is 21.4 Å². The highest BCUT2D eigenvalue weighted by Gasteiger charge is 2.16. The van der Waals surface area contributed by atoms with Gasteiger partial charge in [0.25, 0.3) is 5.91 Å². The maximum absolute atomic E-state index is 12.2. The van der Waals surface area contributed by atoms with Crippen LogP contribution in [0, 0.1) is 0 Å². The summed E-state index contributed by atoms with van der Waals surface area (Å²) in [7, 11) is 0. The van der Waals surface area contributed by atoms with E-state index in [0.29, 0.717) is 15.8 Å². The number of thiophene rings is 1. The molecule has 0 radical (unpaired) electrons. The molecule has 3 N–H and O–H groups in total. The van der Waals surface area contributed by atoms with Crippen molar-refractivity contribution in [2.75, 3.05) is 11.1 Å². The first kappa shape index (κ1) is 16.1. The lowest BCUT2D eigenvalue weighted by atomic mass is 10.2. The minimum Gasteiger partial charge on any atom is -0.396 e. The number of carbonyl (C=O) groups is 1. The van der Waals surface area contributed by atoms with Crippen LogP contribution in [0.25, 0.3) is 10.6 Å². The van der Waals surface area contributed by atoms with Crippen molar-refractivity contribution in [3.05, 3.63) is 50.4 Å². The first-order valence-electron chi connectivity index (χ1n) is 6.22. The Labute approximate surface area is 149 Å². The zero-order valence-corrected chi connectivity index (χ0v) is 14.4. The van der Waals surface area contributed by atoms with Crippen LogP contribution in [-0.2, 0) is 0 Å². The first-order valence-corrected chi connectivity index (χ1v) is 8.17. The van der Waals surface area contributed by atoms with Gasteiger partial charge in [-0.15, -0.1) is 11.3 Å². The minimum atomic E-state index is -0.459. The van der Waals surface area contributed by atoms with Crippen LogP contribution in [0.15, 0.2) is 34.9 Å². The van der Waals surface area contributed by atoms with Gasteiger partial charge in [0.15, 0.2) is 11.5 Å². The van der Waals surface area contributed by atoms with Crippen molar-refractivity contribution in [2.24, 2.45) is 0 Å². The molecule has 1 aromatic carbocycles. The quantitative estimate of drug-likeness (QED) is 0.604. The van der Waals surface area contributed by atoms with Gasteiger partial charge in [-0.1, -0.05) is 40.0 Å². The molecule has 0 atom stereocenters. The molecule has 23 heavy (non-hydrogen) atoms. The van der Waals surface area contributed by atoms with Gasteiger partial charge in [-0.3, -0.25) is 4.79 Å². The van der Waals surface area contributed by atoms with Crippen molar-refractivity contribution in [3.63, 3.8) is 0 Å². The fourth-order valence-corrected chi connectivity index (χ4v) is 3.28. The van der Waals surface area contributed by atoms with Crippen molar-refractivity contribution >= 4 is 63.4 Å². The molecule has 0 saturated heterocycles. The van der Waals surface area contributed by atoms with Gasteiger partial charge in [0.1, 0.15) is 0 Å². The molecule has 3 rings (SSSR count). The molecule has 118 valence electrons. The van der Waals surface area contributed by atoms with Gasteiger partial charge in [0, 0.05) is 11.8 Å². The number of nitrogens with one attached hydrogen (secondary N) is 1. The number of carbonyl (C=O) groups excluding carboxylic acids is 1. The number of nitrogen functional groups attached to an aromatic ring is 1. The van der Waals surface area contributed by atoms with Crippen molar-refractivity contribution < 1.29 is 9.32 Å². The van der Waals surface area contributed by atoms with Crippen molar-refractivity contribution in [2.45, 2.75) is 0 Å². The second-order valence-corrected chi connectivity index (χ2v) is 7.02. The lowest BCUT2D eigenvalue weighted by molar-refractivity contribution is 0.101. The number of nitrogens with zero attached hydrogens (tertiary/aromatic N) is 1. The van der Waals surface area contributed by atoms with Crippen LogP contribution in [-0.4, -0.2) is 11.1 Å². The number of benzene rings is 1. The summed E-state index contributed by atoms with van der Waals surface area (Å²) in [4.78, 5) is 13.0. The molecule has 3 aromatic rings. The van der Waals surface area contributed by atoms with Crippen LogP contribution < -0.4 is 11.1 Å². The van der Waals surface area contributed by atoms with Gasteiger partial charge >= 0.3 is 0 Å². The van der Waals surface area contributed by atoms with Gasteiger partial charge in [-0.05, 0) is 24.3 Å². The molecule has 0 fully saturated rings. The average molecular weight is 389 g/mol. The fraction of sp³-hybridized carbons (Fsp3) is 0. The third-order valence-corrected chi connectivity index (χ3v) is 4.77. The summed E-state index contributed by atoms with van der Waals surface area (Å²) in [6, 6.07) is 8.05. The third-order valence-electron chi connectivity index (χ3n) is 2.90. The predicted octanol–water partition coefficient (Wildman–Crippen LogP) is 5.20. The van der Waals surface area contributed by atoms with E-state index in [1.165, 1.54) is 29.5 Å². The highest BCUT2D eigenvalue weighted by molar-refractivity contribution is 7.19. The maximum atomic E-state index is 12.2. The number of halogens is 3. The SMILES string of the molecule is Nc1c(Cl)cc(NC(=O)c2cc(-c3ccc(Cl)s3)on2)cc1Cl. The van der Waals surface area contributed by atoms with E-state index in [1.54, 1.807) is 12.1 Å². The van der Waals surface area contributed by atoms with E-state index in [1.807, 2.05) is 0 Å². The number of aromatic nitrogens is 1. The summed E-state index contributed by atoms with van der Waals surface area (Å²) < 4.78 is 5.78. The minimum absolute atomic E-state index is 0.119. The smallest absolute Gasteiger partial charge is 0.277 e. The molecule has 2 aromatic heterocycles. The first-order chi connectivity index (χ1) is 10.9. The molecule has 0 aliphatic rings. The standard InChI is InChI=1S/C14H8Cl3N3O2S/c15-7-3-6(4-8(16)13(7)18)19-14(21)9-5-10(22-20-9)11-1-2-12(17)23-11/h1-5H,18H2,(H,19,21). The van der Waals surface area contributed by atoms with E-state index in [9.17, 15) is 4.79 Å². The topological polar surface area (TPSA) is 81.1 Å². The van der Waals surface area contributed by atoms with E-state index in [0.717, 1.165) is 4.88 Å². The normalized spacial score (nSPS) is 10.7. The zero-order valence-electron chi connectivity index (χ0n) is 11.3. The zero-order chi connectivity index (χ0) is 16.6. The molecule has 0 spiro atoms. The Balaban J connectivity index is 1.80. The Morgan fingerprint density at radius 2 is 1.87 bits per heavy atom. The van der Waals surface area contributed by atoms with Crippen LogP contribution in [0.5, 0.6) is 0 Å². The lowest BCUT2D eigenvalue weighted by Gasteiger charge is -2.06. The molecule has 5 nitrogen and oxygen atoms in total. The Kier molecular flexibility index (Phi) is 4.50. The number of rotatable bonds is 3. The summed E-state index contributed by atoms with van der Waals surface area (Å²) >= 11 is 19.1. The molecule has 0 saturated carbocycles. The Hall–Kier alpha value is -1.73. The van der Waals surface area contributed by atoms with E-state index >= 15 is 0 Å². The van der Waals surface area contributed by atoms with Crippen LogP contribution in [0.2, 0.25) is 14.4 Å². The summed E-state index contributed by atoms with van der Waals surface area (Å²) in [5, 5.41) is 6.88. The Morgan fingerprint density at radius 3 is 2.48 bits per heavy atom. The van der Waals surface area contributed by atoms with Crippen molar-refractivity contribution in [3.8, 4) is 10.6 Å². The van der Waals surface area contributed by atoms with Gasteiger partial charge < -0.3 is 15.6 Å². The predicted molar refractivity (Wildman–Crippen MR) is 93.7 cm³/mol. The molecule has 0 bridgehead atoms. The van der Waals surface area contributed by atoms with E-state index in [2.05, 4.69) is 10.5 Å². The van der Waals surface area contributed by atoms with Gasteiger partial charge in [0.2, 0.25) is 0 Å². The molecule has 0 aliphatic carbocycles. The summed E-state index contributed by atoms with van der Waals surface area (Å²) in [6.07, 6.45) is 0. The van der Waals surface area contributed by atoms with Crippen molar-refractivity contribution in [1.82, 2.24) is 5.16 Å². The molecule has 0 unspecified atom stereocenters. The van der Waals surface area contributed by atoms with Crippen LogP contribution in [0.3, 0.4) is 0 Å². The summed E-state index contributed by atoms with van der Waals surface area (Å²) in [5.41, 5.74) is 6.43. The monoisotopic (exact) mass is 387 g/mol. The fourth-order valence-electron chi connectivity index (χ4n) is 1.80. The maximum Gasteiger partial charge on any atom is 0.277 e. The van der Waals surface area contributed by atoms with Crippen LogP contribution in [0.4, 0.5) is 11.4 Å². The average Bonchev–Trinajstić information content (AvgIpc) is 3.13. The number of hydrogen-bond acceptors (Lipinski definition) is 5. The molecule has 9 heteroatoms.